The molecule has 2 rings (SSSR count). The van der Waals surface area contributed by atoms with Gasteiger partial charge in [0.05, 0.1) is 0 Å². The highest BCUT2D eigenvalue weighted by Gasteiger charge is 2.35. The molecule has 0 aliphatic carbocycles. The summed E-state index contributed by atoms with van der Waals surface area (Å²) in [5.41, 5.74) is 0. The van der Waals surface area contributed by atoms with E-state index >= 15 is 0 Å². The number of fused-ring (bicyclic) bond motifs is 1. The molecule has 0 saturated carbocycles. The molecule has 0 unspecified atom stereocenters. The van der Waals surface area contributed by atoms with Gasteiger partial charge in [0.1, 0.15) is 0 Å². The van der Waals surface area contributed by atoms with Crippen LogP contribution in [0.15, 0.2) is 0 Å². The average molecular weight is 163 g/mol. The number of hydrogen-bond donors (Lipinski definition) is 2. The second-order valence-corrected chi connectivity index (χ2v) is 2.80. The second kappa shape index (κ2) is 2.76. The maximum Gasteiger partial charge on any atom is 0.220 e. The summed E-state index contributed by atoms with van der Waals surface area (Å²) < 4.78 is 0. The van der Waals surface area contributed by atoms with E-state index in [1.165, 1.54) is 0 Å². The first-order valence-electron chi connectivity index (χ1n) is 3.36. The molecular weight excluding hydrogens is 152 g/mol. The molecule has 58 valence electrons. The third-order valence-corrected chi connectivity index (χ3v) is 2.13. The summed E-state index contributed by atoms with van der Waals surface area (Å²) >= 11 is 0. The summed E-state index contributed by atoms with van der Waals surface area (Å²) in [5.74, 6) is 0.809. The van der Waals surface area contributed by atoms with Crippen molar-refractivity contribution in [2.45, 2.75) is 12.5 Å². The summed E-state index contributed by atoms with van der Waals surface area (Å²) in [6.07, 6.45) is 0.734. The maximum absolute atomic E-state index is 10.7. The number of halogens is 1. The maximum atomic E-state index is 10.7. The molecule has 0 bridgehead atoms. The molecule has 2 fully saturated rings. The van der Waals surface area contributed by atoms with Gasteiger partial charge in [-0.3, -0.25) is 4.79 Å². The predicted molar refractivity (Wildman–Crippen MR) is 40.2 cm³/mol. The number of carbonyl (C=O) groups excluding carboxylic acids is 1. The van der Waals surface area contributed by atoms with E-state index in [-0.39, 0.29) is 18.3 Å². The Morgan fingerprint density at radius 2 is 2.20 bits per heavy atom. The normalized spacial score (nSPS) is 36.6. The summed E-state index contributed by atoms with van der Waals surface area (Å²) in [7, 11) is 0. The van der Waals surface area contributed by atoms with Crippen molar-refractivity contribution in [3.8, 4) is 0 Å². The Morgan fingerprint density at radius 3 is 2.90 bits per heavy atom. The van der Waals surface area contributed by atoms with E-state index in [1.54, 1.807) is 0 Å². The van der Waals surface area contributed by atoms with Crippen LogP contribution in [0.1, 0.15) is 6.42 Å². The second-order valence-electron chi connectivity index (χ2n) is 2.80. The molecule has 4 heteroatoms. The van der Waals surface area contributed by atoms with Crippen molar-refractivity contribution in [2.24, 2.45) is 5.92 Å². The van der Waals surface area contributed by atoms with Crippen LogP contribution < -0.4 is 10.6 Å². The predicted octanol–water partition coefficient (Wildman–Crippen LogP) is -0.484. The Bertz CT molecular complexity index is 137. The van der Waals surface area contributed by atoms with E-state index in [0.717, 1.165) is 19.5 Å². The lowest BCUT2D eigenvalue weighted by atomic mass is 10.1. The van der Waals surface area contributed by atoms with Gasteiger partial charge in [0.2, 0.25) is 5.91 Å². The molecule has 1 amide bonds. The summed E-state index contributed by atoms with van der Waals surface area (Å²) in [5, 5.41) is 6.14. The Kier molecular flexibility index (Phi) is 2.16. The molecule has 2 aliphatic rings. The molecule has 0 aromatic heterocycles. The highest BCUT2D eigenvalue weighted by atomic mass is 35.5. The van der Waals surface area contributed by atoms with Crippen LogP contribution in [0.4, 0.5) is 0 Å². The van der Waals surface area contributed by atoms with Crippen LogP contribution in [0.3, 0.4) is 0 Å². The number of carbonyl (C=O) groups is 1. The van der Waals surface area contributed by atoms with Gasteiger partial charge in [-0.25, -0.2) is 0 Å². The minimum atomic E-state index is 0. The molecule has 2 atom stereocenters. The van der Waals surface area contributed by atoms with E-state index in [9.17, 15) is 4.79 Å². The molecule has 2 aliphatic heterocycles. The lowest BCUT2D eigenvalue weighted by molar-refractivity contribution is -0.119. The van der Waals surface area contributed by atoms with E-state index in [4.69, 9.17) is 0 Å². The minimum absolute atomic E-state index is 0. The van der Waals surface area contributed by atoms with Crippen LogP contribution in [0.25, 0.3) is 0 Å². The lowest BCUT2D eigenvalue weighted by Gasteiger charge is -2.03. The van der Waals surface area contributed by atoms with Gasteiger partial charge >= 0.3 is 0 Å². The molecular formula is C6H11ClN2O. The van der Waals surface area contributed by atoms with Gasteiger partial charge < -0.3 is 10.6 Å². The topological polar surface area (TPSA) is 41.1 Å². The molecule has 0 aromatic rings. The SMILES string of the molecule is Cl.O=C1C[C@@H]2CNC[C@@H]2N1. The highest BCUT2D eigenvalue weighted by Crippen LogP contribution is 2.18. The van der Waals surface area contributed by atoms with Gasteiger partial charge in [0.25, 0.3) is 0 Å². The number of nitrogens with one attached hydrogen (secondary N) is 2. The Hall–Kier alpha value is -0.280. The molecule has 2 heterocycles. The van der Waals surface area contributed by atoms with Gasteiger partial charge in [-0.2, -0.15) is 0 Å². The molecule has 0 radical (unpaired) electrons. The van der Waals surface area contributed by atoms with Crippen molar-refractivity contribution >= 4 is 18.3 Å². The van der Waals surface area contributed by atoms with E-state index in [1.807, 2.05) is 0 Å². The molecule has 2 N–H and O–H groups in total. The summed E-state index contributed by atoms with van der Waals surface area (Å²) in [4.78, 5) is 10.7. The standard InChI is InChI=1S/C6H10N2O.ClH/c9-6-1-4-2-7-3-5(4)8-6;/h4-5,7H,1-3H2,(H,8,9);1H/t4-,5+;/m1./s1. The van der Waals surface area contributed by atoms with Crippen molar-refractivity contribution in [1.29, 1.82) is 0 Å². The first kappa shape index (κ1) is 7.82. The zero-order valence-corrected chi connectivity index (χ0v) is 6.41. The number of rotatable bonds is 0. The molecule has 0 spiro atoms. The van der Waals surface area contributed by atoms with Gasteiger partial charge in [0, 0.05) is 31.5 Å². The van der Waals surface area contributed by atoms with Gasteiger partial charge in [-0.05, 0) is 0 Å². The number of hydrogen-bond acceptors (Lipinski definition) is 2. The van der Waals surface area contributed by atoms with Crippen LogP contribution in [0.5, 0.6) is 0 Å². The molecule has 0 aromatic carbocycles. The first-order valence-corrected chi connectivity index (χ1v) is 3.36. The quantitative estimate of drug-likeness (QED) is 0.505. The fourth-order valence-electron chi connectivity index (χ4n) is 1.62. The zero-order valence-electron chi connectivity index (χ0n) is 5.59. The van der Waals surface area contributed by atoms with Crippen molar-refractivity contribution in [3.63, 3.8) is 0 Å². The van der Waals surface area contributed by atoms with Crippen LogP contribution in [-0.4, -0.2) is 25.0 Å². The molecule has 3 nitrogen and oxygen atoms in total. The fourth-order valence-corrected chi connectivity index (χ4v) is 1.62. The van der Waals surface area contributed by atoms with Crippen molar-refractivity contribution in [1.82, 2.24) is 10.6 Å². The van der Waals surface area contributed by atoms with Crippen molar-refractivity contribution in [2.75, 3.05) is 13.1 Å². The zero-order chi connectivity index (χ0) is 6.27. The fraction of sp³-hybridized carbons (Fsp3) is 0.833. The first-order chi connectivity index (χ1) is 4.36. The van der Waals surface area contributed by atoms with E-state index < -0.39 is 0 Å². The smallest absolute Gasteiger partial charge is 0.220 e. The summed E-state index contributed by atoms with van der Waals surface area (Å²) in [6, 6.07) is 0.442. The highest BCUT2D eigenvalue weighted by molar-refractivity contribution is 5.85. The third-order valence-electron chi connectivity index (χ3n) is 2.13. The molecule has 10 heavy (non-hydrogen) atoms. The molecule has 2 saturated heterocycles. The van der Waals surface area contributed by atoms with Gasteiger partial charge in [0.15, 0.2) is 0 Å². The minimum Gasteiger partial charge on any atom is -0.352 e. The van der Waals surface area contributed by atoms with Crippen LogP contribution in [0.2, 0.25) is 0 Å². The van der Waals surface area contributed by atoms with Crippen LogP contribution in [-0.2, 0) is 4.79 Å². The Labute approximate surface area is 66.0 Å². The van der Waals surface area contributed by atoms with Crippen molar-refractivity contribution < 1.29 is 4.79 Å². The van der Waals surface area contributed by atoms with E-state index in [0.29, 0.717) is 12.0 Å². The largest absolute Gasteiger partial charge is 0.352 e. The number of amides is 1. The average Bonchev–Trinajstić information content (AvgIpc) is 2.22. The third kappa shape index (κ3) is 1.11. The lowest BCUT2D eigenvalue weighted by Crippen LogP contribution is -2.30. The monoisotopic (exact) mass is 162 g/mol. The van der Waals surface area contributed by atoms with Crippen LogP contribution in [0, 0.1) is 5.92 Å². The van der Waals surface area contributed by atoms with Gasteiger partial charge in [-0.15, -0.1) is 12.4 Å². The van der Waals surface area contributed by atoms with Gasteiger partial charge in [-0.1, -0.05) is 0 Å². The summed E-state index contributed by atoms with van der Waals surface area (Å²) in [6.45, 7) is 1.99. The van der Waals surface area contributed by atoms with E-state index in [2.05, 4.69) is 10.6 Å². The van der Waals surface area contributed by atoms with Crippen molar-refractivity contribution in [3.05, 3.63) is 0 Å². The Morgan fingerprint density at radius 1 is 1.40 bits per heavy atom. The Balaban J connectivity index is 0.000000500. The van der Waals surface area contributed by atoms with Crippen LogP contribution >= 0.6 is 12.4 Å².